The van der Waals surface area contributed by atoms with Gasteiger partial charge in [-0.1, -0.05) is 17.4 Å². The summed E-state index contributed by atoms with van der Waals surface area (Å²) in [5, 5.41) is 0. The van der Waals surface area contributed by atoms with E-state index in [-0.39, 0.29) is 5.41 Å². The third kappa shape index (κ3) is 5.73. The van der Waals surface area contributed by atoms with Crippen molar-refractivity contribution in [1.82, 2.24) is 0 Å². The van der Waals surface area contributed by atoms with Gasteiger partial charge < -0.3 is 0 Å². The van der Waals surface area contributed by atoms with Crippen molar-refractivity contribution in [3.63, 3.8) is 0 Å². The van der Waals surface area contributed by atoms with E-state index in [2.05, 4.69) is 53.4 Å². The van der Waals surface area contributed by atoms with E-state index in [0.717, 1.165) is 0 Å². The van der Waals surface area contributed by atoms with Crippen LogP contribution in [0.3, 0.4) is 0 Å². The summed E-state index contributed by atoms with van der Waals surface area (Å²) >= 11 is 0. The average molecular weight is 150 g/mol. The van der Waals surface area contributed by atoms with Crippen LogP contribution in [0.15, 0.2) is 11.1 Å². The van der Waals surface area contributed by atoms with Crippen molar-refractivity contribution < 1.29 is 0 Å². The van der Waals surface area contributed by atoms with Gasteiger partial charge in [0, 0.05) is 5.41 Å². The highest BCUT2D eigenvalue weighted by Crippen LogP contribution is 2.11. The summed E-state index contributed by atoms with van der Waals surface area (Å²) in [5.41, 5.74) is 2.62. The molecule has 0 aromatic rings. The standard InChI is InChI=1S/C11H18/c1-9(2)10(3)7-8-11(4,5)6/h1-6H3. The third-order valence-corrected chi connectivity index (χ3v) is 1.38. The van der Waals surface area contributed by atoms with E-state index in [4.69, 9.17) is 0 Å². The normalized spacial score (nSPS) is 10.0. The molecule has 0 aliphatic rings. The lowest BCUT2D eigenvalue weighted by molar-refractivity contribution is 0.571. The molecule has 0 spiro atoms. The molecule has 0 fully saturated rings. The Kier molecular flexibility index (Phi) is 3.39. The van der Waals surface area contributed by atoms with Gasteiger partial charge in [0.25, 0.3) is 0 Å². The summed E-state index contributed by atoms with van der Waals surface area (Å²) in [6, 6.07) is 0. The molecule has 0 aliphatic carbocycles. The van der Waals surface area contributed by atoms with Gasteiger partial charge in [0.15, 0.2) is 0 Å². The predicted molar refractivity (Wildman–Crippen MR) is 51.3 cm³/mol. The van der Waals surface area contributed by atoms with Crippen molar-refractivity contribution in [3.05, 3.63) is 11.1 Å². The summed E-state index contributed by atoms with van der Waals surface area (Å²) in [6.07, 6.45) is 0. The Morgan fingerprint density at radius 3 is 1.73 bits per heavy atom. The quantitative estimate of drug-likeness (QED) is 0.464. The van der Waals surface area contributed by atoms with Crippen LogP contribution in [0.4, 0.5) is 0 Å². The third-order valence-electron chi connectivity index (χ3n) is 1.38. The van der Waals surface area contributed by atoms with E-state index in [9.17, 15) is 0 Å². The fraction of sp³-hybridized carbons (Fsp3) is 0.636. The Balaban J connectivity index is 4.45. The minimum atomic E-state index is 0.122. The number of allylic oxidation sites excluding steroid dienone is 2. The topological polar surface area (TPSA) is 0 Å². The SMILES string of the molecule is CC(C)=C(C)C#CC(C)(C)C. The van der Waals surface area contributed by atoms with Gasteiger partial charge in [-0.2, -0.15) is 0 Å². The summed E-state index contributed by atoms with van der Waals surface area (Å²) in [6.45, 7) is 12.6. The Labute approximate surface area is 70.7 Å². The van der Waals surface area contributed by atoms with Gasteiger partial charge in [0.2, 0.25) is 0 Å². The van der Waals surface area contributed by atoms with Gasteiger partial charge in [-0.25, -0.2) is 0 Å². The lowest BCUT2D eigenvalue weighted by atomic mass is 9.97. The molecule has 0 radical (unpaired) electrons. The first kappa shape index (κ1) is 10.3. The van der Waals surface area contributed by atoms with Crippen LogP contribution >= 0.6 is 0 Å². The van der Waals surface area contributed by atoms with Crippen LogP contribution in [-0.2, 0) is 0 Å². The molecule has 0 heterocycles. The molecule has 0 nitrogen and oxygen atoms in total. The second kappa shape index (κ2) is 3.62. The first-order valence-electron chi connectivity index (χ1n) is 4.00. The fourth-order valence-electron chi connectivity index (χ4n) is 0.406. The summed E-state index contributed by atoms with van der Waals surface area (Å²) in [4.78, 5) is 0. The zero-order valence-electron chi connectivity index (χ0n) is 8.50. The molecule has 62 valence electrons. The highest BCUT2D eigenvalue weighted by atomic mass is 14.1. The van der Waals surface area contributed by atoms with Crippen molar-refractivity contribution >= 4 is 0 Å². The molecule has 0 saturated carbocycles. The zero-order chi connectivity index (χ0) is 9.07. The Bertz CT molecular complexity index is 209. The van der Waals surface area contributed by atoms with Crippen LogP contribution in [0.25, 0.3) is 0 Å². The van der Waals surface area contributed by atoms with Crippen molar-refractivity contribution in [2.45, 2.75) is 41.5 Å². The molecular weight excluding hydrogens is 132 g/mol. The maximum Gasteiger partial charge on any atom is 0.0233 e. The van der Waals surface area contributed by atoms with E-state index >= 15 is 0 Å². The molecule has 0 bridgehead atoms. The van der Waals surface area contributed by atoms with Crippen LogP contribution in [0.1, 0.15) is 41.5 Å². The molecule has 0 aliphatic heterocycles. The molecule has 0 aromatic heterocycles. The Morgan fingerprint density at radius 2 is 1.45 bits per heavy atom. The first-order valence-corrected chi connectivity index (χ1v) is 4.00. The van der Waals surface area contributed by atoms with Gasteiger partial charge in [0.1, 0.15) is 0 Å². The van der Waals surface area contributed by atoms with E-state index < -0.39 is 0 Å². The average Bonchev–Trinajstić information content (AvgIpc) is 1.80. The van der Waals surface area contributed by atoms with Gasteiger partial charge in [-0.05, 0) is 47.1 Å². The highest BCUT2D eigenvalue weighted by Gasteiger charge is 2.02. The van der Waals surface area contributed by atoms with E-state index in [1.165, 1.54) is 11.1 Å². The summed E-state index contributed by atoms with van der Waals surface area (Å²) in [5.74, 6) is 6.35. The fourth-order valence-corrected chi connectivity index (χ4v) is 0.406. The van der Waals surface area contributed by atoms with Crippen LogP contribution in [-0.4, -0.2) is 0 Å². The van der Waals surface area contributed by atoms with Crippen molar-refractivity contribution in [3.8, 4) is 11.8 Å². The molecule has 0 heteroatoms. The van der Waals surface area contributed by atoms with E-state index in [1.54, 1.807) is 0 Å². The van der Waals surface area contributed by atoms with Crippen LogP contribution < -0.4 is 0 Å². The van der Waals surface area contributed by atoms with Crippen molar-refractivity contribution in [2.24, 2.45) is 5.41 Å². The largest absolute Gasteiger partial charge is 0.0923 e. The van der Waals surface area contributed by atoms with Crippen LogP contribution in [0, 0.1) is 17.3 Å². The maximum atomic E-state index is 3.20. The van der Waals surface area contributed by atoms with Crippen LogP contribution in [0.2, 0.25) is 0 Å². The van der Waals surface area contributed by atoms with Gasteiger partial charge >= 0.3 is 0 Å². The molecule has 0 atom stereocenters. The molecule has 0 saturated heterocycles. The maximum absolute atomic E-state index is 3.20. The molecule has 0 amide bonds. The number of hydrogen-bond acceptors (Lipinski definition) is 0. The molecular formula is C11H18. The number of rotatable bonds is 0. The monoisotopic (exact) mass is 150 g/mol. The first-order chi connectivity index (χ1) is 4.83. The lowest BCUT2D eigenvalue weighted by Crippen LogP contribution is -1.99. The van der Waals surface area contributed by atoms with E-state index in [1.807, 2.05) is 0 Å². The molecule has 0 unspecified atom stereocenters. The predicted octanol–water partition coefficient (Wildman–Crippen LogP) is 3.39. The summed E-state index contributed by atoms with van der Waals surface area (Å²) in [7, 11) is 0. The summed E-state index contributed by atoms with van der Waals surface area (Å²) < 4.78 is 0. The van der Waals surface area contributed by atoms with Crippen molar-refractivity contribution in [2.75, 3.05) is 0 Å². The minimum Gasteiger partial charge on any atom is -0.0923 e. The molecule has 0 aromatic carbocycles. The van der Waals surface area contributed by atoms with E-state index in [0.29, 0.717) is 0 Å². The van der Waals surface area contributed by atoms with Crippen LogP contribution in [0.5, 0.6) is 0 Å². The lowest BCUT2D eigenvalue weighted by Gasteiger charge is -2.06. The highest BCUT2D eigenvalue weighted by molar-refractivity contribution is 5.31. The second-order valence-corrected chi connectivity index (χ2v) is 4.12. The zero-order valence-corrected chi connectivity index (χ0v) is 8.50. The van der Waals surface area contributed by atoms with Gasteiger partial charge in [0.05, 0.1) is 0 Å². The molecule has 0 N–H and O–H groups in total. The van der Waals surface area contributed by atoms with Gasteiger partial charge in [-0.15, -0.1) is 0 Å². The minimum absolute atomic E-state index is 0.122. The van der Waals surface area contributed by atoms with Gasteiger partial charge in [-0.3, -0.25) is 0 Å². The second-order valence-electron chi connectivity index (χ2n) is 4.12. The van der Waals surface area contributed by atoms with Crippen molar-refractivity contribution in [1.29, 1.82) is 0 Å². The molecule has 11 heavy (non-hydrogen) atoms. The number of hydrogen-bond donors (Lipinski definition) is 0. The smallest absolute Gasteiger partial charge is 0.0233 e. The molecule has 0 rings (SSSR count). The Morgan fingerprint density at radius 1 is 1.00 bits per heavy atom. The Hall–Kier alpha value is -0.700.